The summed E-state index contributed by atoms with van der Waals surface area (Å²) in [6, 6.07) is 3.58. The highest BCUT2D eigenvalue weighted by Crippen LogP contribution is 2.40. The molecular formula is C18H16ClF3N5OP. The molecule has 0 spiro atoms. The summed E-state index contributed by atoms with van der Waals surface area (Å²) in [4.78, 5) is 22.5. The third-order valence-electron chi connectivity index (χ3n) is 4.82. The number of nitrogens with zero attached hydrogens (tertiary/aromatic N) is 5. The van der Waals surface area contributed by atoms with Crippen LogP contribution in [0.5, 0.6) is 0 Å². The molecule has 1 amide bonds. The van der Waals surface area contributed by atoms with Crippen LogP contribution in [-0.2, 0) is 0 Å². The molecule has 1 fully saturated rings. The van der Waals surface area contributed by atoms with E-state index < -0.39 is 33.9 Å². The molecule has 0 saturated carbocycles. The molecule has 0 radical (unpaired) electrons. The molecular weight excluding hydrogens is 426 g/mol. The van der Waals surface area contributed by atoms with E-state index in [-0.39, 0.29) is 25.1 Å². The molecule has 3 heterocycles. The average molecular weight is 442 g/mol. The van der Waals surface area contributed by atoms with Crippen LogP contribution < -0.4 is 0 Å². The zero-order valence-corrected chi connectivity index (χ0v) is 17.2. The van der Waals surface area contributed by atoms with E-state index >= 15 is 4.39 Å². The zero-order chi connectivity index (χ0) is 20.9. The summed E-state index contributed by atoms with van der Waals surface area (Å²) in [7, 11) is 2.13. The zero-order valence-electron chi connectivity index (χ0n) is 15.2. The van der Waals surface area contributed by atoms with E-state index in [9.17, 15) is 13.6 Å². The maximum absolute atomic E-state index is 15.1. The van der Waals surface area contributed by atoms with Crippen LogP contribution in [0.2, 0.25) is 5.02 Å². The number of aryl methyl sites for hydroxylation is 1. The molecule has 1 aliphatic heterocycles. The van der Waals surface area contributed by atoms with Gasteiger partial charge in [-0.1, -0.05) is 20.8 Å². The van der Waals surface area contributed by atoms with Gasteiger partial charge in [-0.25, -0.2) is 22.7 Å². The number of amides is 1. The molecule has 1 aliphatic rings. The van der Waals surface area contributed by atoms with Crippen molar-refractivity contribution < 1.29 is 18.0 Å². The van der Waals surface area contributed by atoms with E-state index in [4.69, 9.17) is 11.6 Å². The normalized spacial score (nSPS) is 22.3. The minimum atomic E-state index is -1.77. The maximum atomic E-state index is 15.1. The monoisotopic (exact) mass is 441 g/mol. The summed E-state index contributed by atoms with van der Waals surface area (Å²) in [5.41, 5.74) is 1.20. The molecule has 2 aromatic heterocycles. The summed E-state index contributed by atoms with van der Waals surface area (Å²) >= 11 is 5.66. The number of hydrogen-bond acceptors (Lipinski definition) is 4. The fraction of sp³-hybridized carbons (Fsp3) is 0.333. The second-order valence-electron chi connectivity index (χ2n) is 7.17. The van der Waals surface area contributed by atoms with Crippen LogP contribution in [0.3, 0.4) is 0 Å². The van der Waals surface area contributed by atoms with Crippen molar-refractivity contribution in [2.75, 3.05) is 13.1 Å². The number of carbonyl (C=O) groups excluding carboxylic acids is 1. The number of fused-ring (bicyclic) bond motifs is 1. The Morgan fingerprint density at radius 3 is 2.83 bits per heavy atom. The average Bonchev–Trinajstić information content (AvgIpc) is 3.11. The van der Waals surface area contributed by atoms with E-state index in [1.807, 2.05) is 0 Å². The first-order valence-electron chi connectivity index (χ1n) is 8.73. The fourth-order valence-electron chi connectivity index (χ4n) is 3.65. The van der Waals surface area contributed by atoms with E-state index in [1.54, 1.807) is 13.0 Å². The van der Waals surface area contributed by atoms with Crippen molar-refractivity contribution in [1.29, 1.82) is 0 Å². The first-order chi connectivity index (χ1) is 13.6. The molecule has 6 nitrogen and oxygen atoms in total. The lowest BCUT2D eigenvalue weighted by Crippen LogP contribution is -2.48. The van der Waals surface area contributed by atoms with E-state index in [0.29, 0.717) is 17.2 Å². The fourth-order valence-corrected chi connectivity index (χ4v) is 4.36. The Bertz CT molecular complexity index is 1100. The molecule has 3 aromatic rings. The van der Waals surface area contributed by atoms with Gasteiger partial charge < -0.3 is 4.90 Å². The number of benzene rings is 1. The molecule has 2 unspecified atom stereocenters. The molecule has 29 heavy (non-hydrogen) atoms. The summed E-state index contributed by atoms with van der Waals surface area (Å²) in [6.07, 6.45) is 1.47. The van der Waals surface area contributed by atoms with Gasteiger partial charge in [0.15, 0.2) is 11.6 Å². The van der Waals surface area contributed by atoms with Gasteiger partial charge >= 0.3 is 0 Å². The van der Waals surface area contributed by atoms with Crippen LogP contribution in [0.4, 0.5) is 13.2 Å². The van der Waals surface area contributed by atoms with Gasteiger partial charge in [-0.2, -0.15) is 10.1 Å². The van der Waals surface area contributed by atoms with E-state index in [0.717, 1.165) is 12.1 Å². The van der Waals surface area contributed by atoms with Crippen LogP contribution in [-0.4, -0.2) is 48.9 Å². The highest BCUT2D eigenvalue weighted by Gasteiger charge is 2.40. The molecule has 1 aromatic carbocycles. The number of piperidine rings is 1. The van der Waals surface area contributed by atoms with Gasteiger partial charge in [0, 0.05) is 23.7 Å². The number of alkyl halides is 1. The highest BCUT2D eigenvalue weighted by molar-refractivity contribution is 7.18. The molecule has 4 rings (SSSR count). The number of aromatic nitrogens is 4. The van der Waals surface area contributed by atoms with Crippen molar-refractivity contribution >= 4 is 32.5 Å². The van der Waals surface area contributed by atoms with Crippen molar-refractivity contribution in [3.63, 3.8) is 0 Å². The quantitative estimate of drug-likeness (QED) is 0.451. The van der Waals surface area contributed by atoms with Gasteiger partial charge in [0.25, 0.3) is 11.7 Å². The Labute approximate surface area is 171 Å². The van der Waals surface area contributed by atoms with E-state index in [2.05, 4.69) is 24.3 Å². The first-order valence-corrected chi connectivity index (χ1v) is 9.69. The summed E-state index contributed by atoms with van der Waals surface area (Å²) in [5, 5.41) is 1.87. The molecule has 0 N–H and O–H groups in total. The van der Waals surface area contributed by atoms with Crippen LogP contribution in [0.15, 0.2) is 24.5 Å². The topological polar surface area (TPSA) is 63.4 Å². The number of halogens is 4. The largest absolute Gasteiger partial charge is 0.334 e. The summed E-state index contributed by atoms with van der Waals surface area (Å²) in [6.45, 7) is 1.73. The number of likely N-dealkylation sites (tertiary alicyclic amines) is 1. The van der Waals surface area contributed by atoms with Gasteiger partial charge in [-0.05, 0) is 31.5 Å². The lowest BCUT2D eigenvalue weighted by Gasteiger charge is -2.40. The van der Waals surface area contributed by atoms with Crippen LogP contribution in [0.1, 0.15) is 34.1 Å². The van der Waals surface area contributed by atoms with Gasteiger partial charge in [-0.15, -0.1) is 0 Å². The maximum Gasteiger partial charge on any atom is 0.254 e. The Kier molecular flexibility index (Phi) is 4.99. The van der Waals surface area contributed by atoms with Crippen molar-refractivity contribution in [3.05, 3.63) is 58.1 Å². The van der Waals surface area contributed by atoms with Crippen molar-refractivity contribution in [2.24, 2.45) is 0 Å². The summed E-state index contributed by atoms with van der Waals surface area (Å²) in [5.74, 6) is -3.14. The molecule has 152 valence electrons. The molecule has 1 saturated heterocycles. The van der Waals surface area contributed by atoms with Crippen LogP contribution in [0.25, 0.3) is 5.78 Å². The number of hydrogen-bond donors (Lipinski definition) is 0. The van der Waals surface area contributed by atoms with Crippen molar-refractivity contribution in [2.45, 2.75) is 24.7 Å². The Balaban J connectivity index is 1.71. The lowest BCUT2D eigenvalue weighted by molar-refractivity contribution is 0.0542. The van der Waals surface area contributed by atoms with E-state index in [1.165, 1.54) is 15.7 Å². The van der Waals surface area contributed by atoms with Crippen molar-refractivity contribution in [3.8, 4) is 0 Å². The van der Waals surface area contributed by atoms with Crippen LogP contribution >= 0.6 is 20.8 Å². The minimum absolute atomic E-state index is 0.123. The predicted molar refractivity (Wildman–Crippen MR) is 104 cm³/mol. The Morgan fingerprint density at radius 2 is 2.10 bits per heavy atom. The van der Waals surface area contributed by atoms with Gasteiger partial charge in [0.05, 0.1) is 17.3 Å². The van der Waals surface area contributed by atoms with Crippen LogP contribution in [0, 0.1) is 18.6 Å². The standard InChI is InChI=1S/C18H16ClF3N5OP/c1-9-2-14(27-17(25-9)23-8-24-27)11-5-18(22,29)7-26(6-11)16(28)10-3-12(19)15(21)13(20)4-10/h2-4,8,11H,5-7,29H2,1H3/t11-,18?/m0/s1. The SMILES string of the molecule is Cc1cc([C@@H]2CN(C(=O)c3cc(F)c(F)c(Cl)c3)CC(F)(P)C2)n2ncnc2n1. The van der Waals surface area contributed by atoms with Crippen molar-refractivity contribution in [1.82, 2.24) is 24.5 Å². The van der Waals surface area contributed by atoms with Gasteiger partial charge in [0.2, 0.25) is 0 Å². The second kappa shape index (κ2) is 7.22. The van der Waals surface area contributed by atoms with Gasteiger partial charge in [-0.3, -0.25) is 4.79 Å². The smallest absolute Gasteiger partial charge is 0.254 e. The third-order valence-corrected chi connectivity index (χ3v) is 5.52. The summed E-state index contributed by atoms with van der Waals surface area (Å²) < 4.78 is 43.8. The number of rotatable bonds is 2. The minimum Gasteiger partial charge on any atom is -0.334 e. The molecule has 0 bridgehead atoms. The Morgan fingerprint density at radius 1 is 1.34 bits per heavy atom. The molecule has 11 heteroatoms. The lowest BCUT2D eigenvalue weighted by atomic mass is 9.92. The Hall–Kier alpha value is -2.25. The first kappa shape index (κ1) is 20.0. The second-order valence-corrected chi connectivity index (χ2v) is 8.61. The third kappa shape index (κ3) is 3.81. The molecule has 0 aliphatic carbocycles. The predicted octanol–water partition coefficient (Wildman–Crippen LogP) is 3.53. The van der Waals surface area contributed by atoms with Gasteiger partial charge in [0.1, 0.15) is 11.7 Å². The molecule has 3 atom stereocenters. The highest BCUT2D eigenvalue weighted by atomic mass is 35.5. The number of carbonyl (C=O) groups is 1.